The third-order valence-corrected chi connectivity index (χ3v) is 3.35. The van der Waals surface area contributed by atoms with Crippen LogP contribution in [0.25, 0.3) is 22.6 Å². The molecule has 0 radical (unpaired) electrons. The van der Waals surface area contributed by atoms with Crippen LogP contribution < -0.4 is 5.32 Å². The van der Waals surface area contributed by atoms with E-state index in [2.05, 4.69) is 20.5 Å². The first-order valence-electron chi connectivity index (χ1n) is 6.23. The Kier molecular flexibility index (Phi) is 2.20. The normalized spacial score (nSPS) is 15.6. The fraction of sp³-hybridized carbons (Fsp3) is 0. The van der Waals surface area contributed by atoms with Gasteiger partial charge in [-0.1, -0.05) is 12.1 Å². The van der Waals surface area contributed by atoms with Gasteiger partial charge in [0.1, 0.15) is 5.82 Å². The summed E-state index contributed by atoms with van der Waals surface area (Å²) in [5, 5.41) is 10.7. The number of nitrogens with zero attached hydrogens (tertiary/aromatic N) is 2. The topological polar surface area (TPSA) is 70.7 Å². The van der Waals surface area contributed by atoms with E-state index in [4.69, 9.17) is 0 Å². The molecular weight excluding hydrogens is 252 g/mol. The molecule has 0 aliphatic carbocycles. The van der Waals surface area contributed by atoms with E-state index >= 15 is 0 Å². The van der Waals surface area contributed by atoms with Gasteiger partial charge < -0.3 is 5.32 Å². The summed E-state index contributed by atoms with van der Waals surface area (Å²) in [6, 6.07) is 9.62. The molecule has 0 saturated carbocycles. The molecule has 96 valence electrons. The fourth-order valence-electron chi connectivity index (χ4n) is 2.37. The third kappa shape index (κ3) is 1.60. The van der Waals surface area contributed by atoms with Crippen LogP contribution in [0.1, 0.15) is 11.1 Å². The van der Waals surface area contributed by atoms with Crippen molar-refractivity contribution in [2.45, 2.75) is 0 Å². The lowest BCUT2D eigenvalue weighted by molar-refractivity contribution is -0.110. The number of carbonyl (C=O) groups is 1. The van der Waals surface area contributed by atoms with Crippen LogP contribution in [-0.4, -0.2) is 21.1 Å². The van der Waals surface area contributed by atoms with Gasteiger partial charge >= 0.3 is 0 Å². The number of nitrogens with one attached hydrogen (secondary N) is 2. The molecule has 1 amide bonds. The van der Waals surface area contributed by atoms with E-state index in [1.807, 2.05) is 36.4 Å². The standard InChI is InChI=1S/C15H10N4O/c20-15-12(11-2-1-5-16-14(11)18-15)6-9-3-4-10-8-17-19-13(10)7-9/h1-8H,(H,17,19)(H,16,18,20). The first kappa shape index (κ1) is 10.9. The molecule has 5 heteroatoms. The van der Waals surface area contributed by atoms with Gasteiger partial charge in [0, 0.05) is 17.1 Å². The summed E-state index contributed by atoms with van der Waals surface area (Å²) in [5.41, 5.74) is 3.36. The SMILES string of the molecule is O=C1Nc2ncccc2C1=Cc1ccc2cn[nH]c2c1. The number of benzene rings is 1. The van der Waals surface area contributed by atoms with E-state index in [0.29, 0.717) is 11.4 Å². The zero-order valence-electron chi connectivity index (χ0n) is 10.4. The highest BCUT2D eigenvalue weighted by Gasteiger charge is 2.24. The van der Waals surface area contributed by atoms with Crippen LogP contribution in [0.2, 0.25) is 0 Å². The summed E-state index contributed by atoms with van der Waals surface area (Å²) in [4.78, 5) is 16.2. The number of carbonyl (C=O) groups excluding carboxylic acids is 1. The maximum atomic E-state index is 12.0. The molecule has 3 aromatic rings. The van der Waals surface area contributed by atoms with Crippen LogP contribution in [0.5, 0.6) is 0 Å². The van der Waals surface area contributed by atoms with Crippen LogP contribution >= 0.6 is 0 Å². The van der Waals surface area contributed by atoms with Gasteiger partial charge in [0.15, 0.2) is 0 Å². The first-order valence-corrected chi connectivity index (χ1v) is 6.23. The van der Waals surface area contributed by atoms with Gasteiger partial charge in [-0.2, -0.15) is 5.10 Å². The zero-order valence-corrected chi connectivity index (χ0v) is 10.4. The van der Waals surface area contributed by atoms with Crippen LogP contribution in [0.3, 0.4) is 0 Å². The van der Waals surface area contributed by atoms with Crippen molar-refractivity contribution in [1.82, 2.24) is 15.2 Å². The van der Waals surface area contributed by atoms with Crippen LogP contribution in [-0.2, 0) is 4.79 Å². The lowest BCUT2D eigenvalue weighted by atomic mass is 10.0. The van der Waals surface area contributed by atoms with Crippen LogP contribution in [0, 0.1) is 0 Å². The molecule has 0 fully saturated rings. The average molecular weight is 262 g/mol. The second-order valence-electron chi connectivity index (χ2n) is 4.63. The molecule has 3 heterocycles. The molecule has 5 nitrogen and oxygen atoms in total. The minimum atomic E-state index is -0.122. The molecule has 20 heavy (non-hydrogen) atoms. The monoisotopic (exact) mass is 262 g/mol. The third-order valence-electron chi connectivity index (χ3n) is 3.35. The number of H-pyrrole nitrogens is 1. The Morgan fingerprint density at radius 1 is 1.20 bits per heavy atom. The predicted molar refractivity (Wildman–Crippen MR) is 76.8 cm³/mol. The quantitative estimate of drug-likeness (QED) is 0.662. The molecule has 1 aliphatic heterocycles. The van der Waals surface area contributed by atoms with Crippen molar-refractivity contribution in [2.24, 2.45) is 0 Å². The summed E-state index contributed by atoms with van der Waals surface area (Å²) >= 11 is 0. The Labute approximate surface area is 114 Å². The molecule has 0 bridgehead atoms. The summed E-state index contributed by atoms with van der Waals surface area (Å²) in [5.74, 6) is 0.495. The van der Waals surface area contributed by atoms with Crippen molar-refractivity contribution in [3.8, 4) is 0 Å². The fourth-order valence-corrected chi connectivity index (χ4v) is 2.37. The number of rotatable bonds is 1. The number of anilines is 1. The van der Waals surface area contributed by atoms with Crippen molar-refractivity contribution in [3.63, 3.8) is 0 Å². The highest BCUT2D eigenvalue weighted by molar-refractivity contribution is 6.34. The van der Waals surface area contributed by atoms with Crippen LogP contribution in [0.4, 0.5) is 5.82 Å². The first-order chi connectivity index (χ1) is 9.81. The Bertz CT molecular complexity index is 863. The molecular formula is C15H10N4O. The minimum absolute atomic E-state index is 0.122. The molecule has 2 aromatic heterocycles. The second kappa shape index (κ2) is 4.03. The summed E-state index contributed by atoms with van der Waals surface area (Å²) in [6.07, 6.45) is 5.30. The second-order valence-corrected chi connectivity index (χ2v) is 4.63. The number of aromatic nitrogens is 3. The number of hydrogen-bond donors (Lipinski definition) is 2. The summed E-state index contributed by atoms with van der Waals surface area (Å²) in [7, 11) is 0. The highest BCUT2D eigenvalue weighted by Crippen LogP contribution is 2.31. The zero-order chi connectivity index (χ0) is 13.5. The molecule has 1 aliphatic rings. The van der Waals surface area contributed by atoms with Gasteiger partial charge in [0.2, 0.25) is 0 Å². The van der Waals surface area contributed by atoms with E-state index in [1.54, 1.807) is 12.4 Å². The molecule has 2 N–H and O–H groups in total. The van der Waals surface area contributed by atoms with Gasteiger partial charge in [0.25, 0.3) is 5.91 Å². The van der Waals surface area contributed by atoms with Gasteiger partial charge in [-0.25, -0.2) is 4.98 Å². The number of fused-ring (bicyclic) bond motifs is 2. The molecule has 0 spiro atoms. The van der Waals surface area contributed by atoms with Crippen molar-refractivity contribution >= 4 is 34.3 Å². The number of hydrogen-bond acceptors (Lipinski definition) is 3. The van der Waals surface area contributed by atoms with Gasteiger partial charge in [-0.15, -0.1) is 0 Å². The van der Waals surface area contributed by atoms with E-state index in [1.165, 1.54) is 0 Å². The molecule has 0 atom stereocenters. The maximum absolute atomic E-state index is 12.0. The van der Waals surface area contributed by atoms with E-state index < -0.39 is 0 Å². The molecule has 0 saturated heterocycles. The summed E-state index contributed by atoms with van der Waals surface area (Å²) < 4.78 is 0. The van der Waals surface area contributed by atoms with E-state index in [-0.39, 0.29) is 5.91 Å². The van der Waals surface area contributed by atoms with Crippen molar-refractivity contribution < 1.29 is 4.79 Å². The van der Waals surface area contributed by atoms with Crippen molar-refractivity contribution in [2.75, 3.05) is 5.32 Å². The maximum Gasteiger partial charge on any atom is 0.257 e. The Hall–Kier alpha value is -2.95. The van der Waals surface area contributed by atoms with Gasteiger partial charge in [-0.3, -0.25) is 9.89 Å². The average Bonchev–Trinajstić information content (AvgIpc) is 3.04. The molecule has 1 aromatic carbocycles. The lowest BCUT2D eigenvalue weighted by Crippen LogP contribution is -2.04. The number of amides is 1. The van der Waals surface area contributed by atoms with Gasteiger partial charge in [-0.05, 0) is 29.8 Å². The Morgan fingerprint density at radius 3 is 3.10 bits per heavy atom. The van der Waals surface area contributed by atoms with E-state index in [0.717, 1.165) is 22.0 Å². The Balaban J connectivity index is 1.85. The van der Waals surface area contributed by atoms with E-state index in [9.17, 15) is 4.79 Å². The predicted octanol–water partition coefficient (Wildman–Crippen LogP) is 2.45. The van der Waals surface area contributed by atoms with Gasteiger partial charge in [0.05, 0.1) is 17.3 Å². The Morgan fingerprint density at radius 2 is 2.15 bits per heavy atom. The highest BCUT2D eigenvalue weighted by atomic mass is 16.2. The van der Waals surface area contributed by atoms with Crippen molar-refractivity contribution in [1.29, 1.82) is 0 Å². The molecule has 4 rings (SSSR count). The minimum Gasteiger partial charge on any atom is -0.306 e. The van der Waals surface area contributed by atoms with Crippen LogP contribution in [0.15, 0.2) is 42.7 Å². The smallest absolute Gasteiger partial charge is 0.257 e. The number of aromatic amines is 1. The summed E-state index contributed by atoms with van der Waals surface area (Å²) in [6.45, 7) is 0. The molecule has 0 unspecified atom stereocenters. The lowest BCUT2D eigenvalue weighted by Gasteiger charge is -1.98. The van der Waals surface area contributed by atoms with Crippen molar-refractivity contribution in [3.05, 3.63) is 53.9 Å². The largest absolute Gasteiger partial charge is 0.306 e. The number of pyridine rings is 1.